The minimum absolute atomic E-state index is 0.402. The standard InChI is InChI=1S/C8H6F2O3/c9-5-1-2-7(6(10)3-5)13-8(12)4-11/h1-3,11H,4H2. The Labute approximate surface area is 72.6 Å². The number of aliphatic hydroxyl groups is 1. The molecule has 0 spiro atoms. The maximum absolute atomic E-state index is 12.7. The molecule has 0 fully saturated rings. The molecule has 1 rings (SSSR count). The highest BCUT2D eigenvalue weighted by Crippen LogP contribution is 2.17. The van der Waals surface area contributed by atoms with Gasteiger partial charge in [0, 0.05) is 6.07 Å². The molecule has 0 aliphatic carbocycles. The van der Waals surface area contributed by atoms with Crippen molar-refractivity contribution < 1.29 is 23.4 Å². The van der Waals surface area contributed by atoms with Crippen LogP contribution in [0, 0.1) is 11.6 Å². The lowest BCUT2D eigenvalue weighted by Gasteiger charge is -2.02. The summed E-state index contributed by atoms with van der Waals surface area (Å²) in [6, 6.07) is 2.50. The first-order chi connectivity index (χ1) is 6.13. The predicted molar refractivity (Wildman–Crippen MR) is 39.1 cm³/mol. The molecule has 1 N–H and O–H groups in total. The van der Waals surface area contributed by atoms with Crippen molar-refractivity contribution in [2.24, 2.45) is 0 Å². The number of benzene rings is 1. The lowest BCUT2D eigenvalue weighted by molar-refractivity contribution is -0.137. The molecule has 0 saturated carbocycles. The molecule has 0 aliphatic heterocycles. The van der Waals surface area contributed by atoms with Gasteiger partial charge >= 0.3 is 5.97 Å². The average Bonchev–Trinajstić information content (AvgIpc) is 2.09. The number of rotatable bonds is 2. The number of halogens is 2. The number of ether oxygens (including phenoxy) is 1. The Morgan fingerprint density at radius 2 is 2.15 bits per heavy atom. The van der Waals surface area contributed by atoms with Gasteiger partial charge in [-0.15, -0.1) is 0 Å². The second-order valence-electron chi connectivity index (χ2n) is 2.21. The van der Waals surface area contributed by atoms with Gasteiger partial charge in [-0.25, -0.2) is 13.6 Å². The highest BCUT2D eigenvalue weighted by Gasteiger charge is 2.08. The van der Waals surface area contributed by atoms with Gasteiger partial charge in [-0.3, -0.25) is 0 Å². The predicted octanol–water partition coefficient (Wildman–Crippen LogP) is 0.863. The molecule has 0 atom stereocenters. The Morgan fingerprint density at radius 3 is 2.69 bits per heavy atom. The Bertz CT molecular complexity index is 325. The Kier molecular flexibility index (Phi) is 2.92. The van der Waals surface area contributed by atoms with E-state index in [1.165, 1.54) is 0 Å². The van der Waals surface area contributed by atoms with Crippen molar-refractivity contribution >= 4 is 5.97 Å². The summed E-state index contributed by atoms with van der Waals surface area (Å²) < 4.78 is 29.4. The van der Waals surface area contributed by atoms with Crippen LogP contribution >= 0.6 is 0 Å². The molecule has 0 unspecified atom stereocenters. The molecule has 0 aliphatic rings. The van der Waals surface area contributed by atoms with Crippen LogP contribution in [0.15, 0.2) is 18.2 Å². The molecule has 70 valence electrons. The van der Waals surface area contributed by atoms with Crippen molar-refractivity contribution in [3.63, 3.8) is 0 Å². The van der Waals surface area contributed by atoms with Crippen LogP contribution in [0.25, 0.3) is 0 Å². The molecule has 1 aromatic carbocycles. The normalized spacial score (nSPS) is 9.77. The summed E-state index contributed by atoms with van der Waals surface area (Å²) in [4.78, 5) is 10.5. The molecule has 1 aromatic rings. The first-order valence-corrected chi connectivity index (χ1v) is 3.40. The summed E-state index contributed by atoms with van der Waals surface area (Å²) in [6.45, 7) is -0.850. The number of carbonyl (C=O) groups is 1. The summed E-state index contributed by atoms with van der Waals surface area (Å²) in [5.74, 6) is -3.14. The quantitative estimate of drug-likeness (QED) is 0.553. The highest BCUT2D eigenvalue weighted by atomic mass is 19.1. The lowest BCUT2D eigenvalue weighted by Crippen LogP contribution is -2.13. The smallest absolute Gasteiger partial charge is 0.337 e. The molecule has 0 radical (unpaired) electrons. The van der Waals surface area contributed by atoms with Crippen molar-refractivity contribution in [2.75, 3.05) is 6.61 Å². The highest BCUT2D eigenvalue weighted by molar-refractivity contribution is 5.73. The van der Waals surface area contributed by atoms with Crippen LogP contribution in [0.1, 0.15) is 0 Å². The van der Waals surface area contributed by atoms with Crippen molar-refractivity contribution in [3.8, 4) is 5.75 Å². The molecule has 3 nitrogen and oxygen atoms in total. The second-order valence-corrected chi connectivity index (χ2v) is 2.21. The van der Waals surface area contributed by atoms with Crippen LogP contribution in [0.4, 0.5) is 8.78 Å². The van der Waals surface area contributed by atoms with Crippen LogP contribution in [0.2, 0.25) is 0 Å². The molecule has 0 aromatic heterocycles. The summed E-state index contributed by atoms with van der Waals surface area (Å²) in [5.41, 5.74) is 0. The van der Waals surface area contributed by atoms with E-state index in [1.807, 2.05) is 0 Å². The van der Waals surface area contributed by atoms with E-state index in [2.05, 4.69) is 4.74 Å². The van der Waals surface area contributed by atoms with E-state index in [1.54, 1.807) is 0 Å². The molecular formula is C8H6F2O3. The summed E-state index contributed by atoms with van der Waals surface area (Å²) in [7, 11) is 0. The fraction of sp³-hybridized carbons (Fsp3) is 0.125. The zero-order valence-corrected chi connectivity index (χ0v) is 6.46. The van der Waals surface area contributed by atoms with Gasteiger partial charge in [0.1, 0.15) is 12.4 Å². The van der Waals surface area contributed by atoms with E-state index in [4.69, 9.17) is 5.11 Å². The first-order valence-electron chi connectivity index (χ1n) is 3.40. The number of hydrogen-bond donors (Lipinski definition) is 1. The van der Waals surface area contributed by atoms with E-state index in [-0.39, 0.29) is 0 Å². The van der Waals surface area contributed by atoms with Crippen LogP contribution in [0.3, 0.4) is 0 Å². The fourth-order valence-corrected chi connectivity index (χ4v) is 0.713. The van der Waals surface area contributed by atoms with Gasteiger partial charge in [0.2, 0.25) is 0 Å². The topological polar surface area (TPSA) is 46.5 Å². The molecule has 0 heterocycles. The second kappa shape index (κ2) is 3.95. The third-order valence-electron chi connectivity index (χ3n) is 1.25. The van der Waals surface area contributed by atoms with Gasteiger partial charge in [0.05, 0.1) is 0 Å². The van der Waals surface area contributed by atoms with Gasteiger partial charge in [0.25, 0.3) is 0 Å². The summed E-state index contributed by atoms with van der Waals surface area (Å²) in [6.07, 6.45) is 0. The fourth-order valence-electron chi connectivity index (χ4n) is 0.713. The van der Waals surface area contributed by atoms with E-state index >= 15 is 0 Å². The minimum Gasteiger partial charge on any atom is -0.422 e. The number of esters is 1. The minimum atomic E-state index is -0.995. The third-order valence-corrected chi connectivity index (χ3v) is 1.25. The Morgan fingerprint density at radius 1 is 1.46 bits per heavy atom. The summed E-state index contributed by atoms with van der Waals surface area (Å²) >= 11 is 0. The Hall–Kier alpha value is -1.49. The SMILES string of the molecule is O=C(CO)Oc1ccc(F)cc1F. The van der Waals surface area contributed by atoms with Crippen LogP contribution in [-0.2, 0) is 4.79 Å². The van der Waals surface area contributed by atoms with E-state index in [0.717, 1.165) is 12.1 Å². The van der Waals surface area contributed by atoms with E-state index < -0.39 is 30.0 Å². The van der Waals surface area contributed by atoms with E-state index in [0.29, 0.717) is 6.07 Å². The van der Waals surface area contributed by atoms with Gasteiger partial charge in [-0.05, 0) is 12.1 Å². The van der Waals surface area contributed by atoms with Gasteiger partial charge in [-0.2, -0.15) is 0 Å². The van der Waals surface area contributed by atoms with Crippen LogP contribution in [-0.4, -0.2) is 17.7 Å². The first kappa shape index (κ1) is 9.60. The Balaban J connectivity index is 2.83. The number of hydrogen-bond acceptors (Lipinski definition) is 3. The molecule has 0 saturated heterocycles. The zero-order valence-electron chi connectivity index (χ0n) is 6.46. The maximum Gasteiger partial charge on any atom is 0.337 e. The van der Waals surface area contributed by atoms with Gasteiger partial charge < -0.3 is 9.84 Å². The average molecular weight is 188 g/mol. The zero-order chi connectivity index (χ0) is 9.84. The largest absolute Gasteiger partial charge is 0.422 e. The van der Waals surface area contributed by atoms with Crippen molar-refractivity contribution in [3.05, 3.63) is 29.8 Å². The molecule has 0 bridgehead atoms. The third kappa shape index (κ3) is 2.48. The maximum atomic E-state index is 12.7. The van der Waals surface area contributed by atoms with Gasteiger partial charge in [0.15, 0.2) is 11.6 Å². The number of aliphatic hydroxyl groups excluding tert-OH is 1. The molecule has 0 amide bonds. The molecule has 13 heavy (non-hydrogen) atoms. The van der Waals surface area contributed by atoms with Crippen molar-refractivity contribution in [1.29, 1.82) is 0 Å². The van der Waals surface area contributed by atoms with E-state index in [9.17, 15) is 13.6 Å². The molecule has 5 heteroatoms. The number of carbonyl (C=O) groups excluding carboxylic acids is 1. The van der Waals surface area contributed by atoms with Crippen molar-refractivity contribution in [1.82, 2.24) is 0 Å². The van der Waals surface area contributed by atoms with Gasteiger partial charge in [-0.1, -0.05) is 0 Å². The molecular weight excluding hydrogens is 182 g/mol. The monoisotopic (exact) mass is 188 g/mol. The summed E-state index contributed by atoms with van der Waals surface area (Å²) in [5, 5.41) is 8.27. The van der Waals surface area contributed by atoms with Crippen molar-refractivity contribution in [2.45, 2.75) is 0 Å². The van der Waals surface area contributed by atoms with Crippen LogP contribution < -0.4 is 4.74 Å². The lowest BCUT2D eigenvalue weighted by atomic mass is 10.3. The van der Waals surface area contributed by atoms with Crippen LogP contribution in [0.5, 0.6) is 5.75 Å².